The van der Waals surface area contributed by atoms with Gasteiger partial charge >= 0.3 is 0 Å². The topological polar surface area (TPSA) is 40.5 Å². The van der Waals surface area contributed by atoms with Crippen molar-refractivity contribution in [1.82, 2.24) is 15.2 Å². The van der Waals surface area contributed by atoms with Crippen LogP contribution in [0.5, 0.6) is 0 Å². The fourth-order valence-electron chi connectivity index (χ4n) is 3.82. The second-order valence-corrected chi connectivity index (χ2v) is 7.71. The lowest BCUT2D eigenvalue weighted by molar-refractivity contribution is 0.299. The smallest absolute Gasteiger partial charge is 0.193 e. The predicted octanol–water partition coefficient (Wildman–Crippen LogP) is 2.95. The Kier molecular flexibility index (Phi) is 5.34. The van der Waals surface area contributed by atoms with Gasteiger partial charge in [-0.3, -0.25) is 4.99 Å². The summed E-state index contributed by atoms with van der Waals surface area (Å²) in [5, 5.41) is 4.77. The molecule has 0 amide bonds. The molecular weight excluding hydrogens is 292 g/mol. The van der Waals surface area contributed by atoms with Crippen LogP contribution in [-0.2, 0) is 12.8 Å². The highest BCUT2D eigenvalue weighted by molar-refractivity contribution is 7.11. The summed E-state index contributed by atoms with van der Waals surface area (Å²) < 4.78 is 0. The van der Waals surface area contributed by atoms with E-state index in [1.54, 1.807) is 0 Å². The van der Waals surface area contributed by atoms with Crippen LogP contribution in [0.25, 0.3) is 0 Å². The van der Waals surface area contributed by atoms with Crippen LogP contribution in [0.1, 0.15) is 42.5 Å². The molecule has 4 nitrogen and oxygen atoms in total. The Morgan fingerprint density at radius 3 is 2.68 bits per heavy atom. The van der Waals surface area contributed by atoms with E-state index in [9.17, 15) is 0 Å². The maximum atomic E-state index is 4.49. The number of aliphatic imine (C=N–C) groups is 1. The Hall–Kier alpha value is -1.10. The summed E-state index contributed by atoms with van der Waals surface area (Å²) in [6, 6.07) is 0. The fraction of sp³-hybridized carbons (Fsp3) is 0.765. The number of rotatable bonds is 4. The lowest BCUT2D eigenvalue weighted by Crippen LogP contribution is -2.41. The standard InChI is InChI=1S/C17H28N4S/c1-3-15-10-20-16(22-15)8-9-19-17(18-2)21-11-13-6-4-5-7-14(13)12-21/h10,13-14H,3-9,11-12H2,1-2H3,(H,18,19). The first-order valence-corrected chi connectivity index (χ1v) is 9.51. The summed E-state index contributed by atoms with van der Waals surface area (Å²) in [6.45, 7) is 5.50. The number of fused-ring (bicyclic) bond motifs is 1. The summed E-state index contributed by atoms with van der Waals surface area (Å²) in [7, 11) is 1.91. The van der Waals surface area contributed by atoms with E-state index in [0.29, 0.717) is 0 Å². The zero-order chi connectivity index (χ0) is 15.4. The number of guanidine groups is 1. The Balaban J connectivity index is 1.48. The van der Waals surface area contributed by atoms with Gasteiger partial charge in [0, 0.05) is 44.2 Å². The monoisotopic (exact) mass is 320 g/mol. The Bertz CT molecular complexity index is 497. The van der Waals surface area contributed by atoms with Crippen LogP contribution in [0.4, 0.5) is 0 Å². The number of nitrogens with zero attached hydrogens (tertiary/aromatic N) is 3. The molecule has 2 unspecified atom stereocenters. The number of aryl methyl sites for hydroxylation is 1. The molecule has 0 spiro atoms. The van der Waals surface area contributed by atoms with Crippen molar-refractivity contribution in [3.8, 4) is 0 Å². The molecule has 2 fully saturated rings. The normalized spacial score (nSPS) is 25.4. The Morgan fingerprint density at radius 2 is 2.09 bits per heavy atom. The molecule has 1 saturated carbocycles. The quantitative estimate of drug-likeness (QED) is 0.685. The minimum atomic E-state index is 0.901. The molecule has 122 valence electrons. The first kappa shape index (κ1) is 15.8. The van der Waals surface area contributed by atoms with E-state index < -0.39 is 0 Å². The van der Waals surface area contributed by atoms with Crippen LogP contribution in [0.3, 0.4) is 0 Å². The number of likely N-dealkylation sites (tertiary alicyclic amines) is 1. The molecule has 0 bridgehead atoms. The number of thiazole rings is 1. The van der Waals surface area contributed by atoms with Crippen molar-refractivity contribution in [2.24, 2.45) is 16.8 Å². The van der Waals surface area contributed by atoms with E-state index in [-0.39, 0.29) is 0 Å². The molecule has 1 aliphatic heterocycles. The molecule has 1 aliphatic carbocycles. The van der Waals surface area contributed by atoms with Crippen LogP contribution >= 0.6 is 11.3 Å². The van der Waals surface area contributed by atoms with Gasteiger partial charge in [-0.2, -0.15) is 0 Å². The highest BCUT2D eigenvalue weighted by atomic mass is 32.1. The van der Waals surface area contributed by atoms with Crippen molar-refractivity contribution in [2.75, 3.05) is 26.7 Å². The molecule has 1 N–H and O–H groups in total. The van der Waals surface area contributed by atoms with Crippen molar-refractivity contribution in [3.63, 3.8) is 0 Å². The third-order valence-corrected chi connectivity index (χ3v) is 6.26. The molecule has 2 aliphatic rings. The summed E-state index contributed by atoms with van der Waals surface area (Å²) >= 11 is 1.84. The van der Waals surface area contributed by atoms with Gasteiger partial charge in [-0.1, -0.05) is 19.8 Å². The van der Waals surface area contributed by atoms with Crippen LogP contribution in [0, 0.1) is 11.8 Å². The van der Waals surface area contributed by atoms with Gasteiger partial charge in [-0.25, -0.2) is 4.98 Å². The van der Waals surface area contributed by atoms with Gasteiger partial charge in [0.1, 0.15) is 0 Å². The molecule has 2 atom stereocenters. The van der Waals surface area contributed by atoms with Gasteiger partial charge in [0.05, 0.1) is 5.01 Å². The molecule has 1 aromatic rings. The Morgan fingerprint density at radius 1 is 1.36 bits per heavy atom. The molecule has 1 aromatic heterocycles. The van der Waals surface area contributed by atoms with E-state index in [2.05, 4.69) is 27.1 Å². The molecule has 22 heavy (non-hydrogen) atoms. The maximum Gasteiger partial charge on any atom is 0.193 e. The van der Waals surface area contributed by atoms with Crippen molar-refractivity contribution < 1.29 is 0 Å². The average molecular weight is 321 g/mol. The SMILES string of the molecule is CCc1cnc(CCNC(=NC)N2CC3CCCCC3C2)s1. The van der Waals surface area contributed by atoms with E-state index in [1.807, 2.05) is 24.6 Å². The number of hydrogen-bond donors (Lipinski definition) is 1. The van der Waals surface area contributed by atoms with Gasteiger partial charge in [0.15, 0.2) is 5.96 Å². The first-order chi connectivity index (χ1) is 10.8. The lowest BCUT2D eigenvalue weighted by Gasteiger charge is -2.22. The lowest BCUT2D eigenvalue weighted by atomic mass is 9.82. The molecule has 5 heteroatoms. The fourth-order valence-corrected chi connectivity index (χ4v) is 4.68. The highest BCUT2D eigenvalue weighted by Crippen LogP contribution is 2.35. The molecule has 2 heterocycles. The van der Waals surface area contributed by atoms with Gasteiger partial charge in [-0.05, 0) is 31.1 Å². The number of hydrogen-bond acceptors (Lipinski definition) is 3. The van der Waals surface area contributed by atoms with E-state index in [0.717, 1.165) is 37.2 Å². The van der Waals surface area contributed by atoms with Crippen LogP contribution in [-0.4, -0.2) is 42.5 Å². The minimum Gasteiger partial charge on any atom is -0.356 e. The summed E-state index contributed by atoms with van der Waals surface area (Å²) in [4.78, 5) is 12.8. The molecule has 0 radical (unpaired) electrons. The second-order valence-electron chi connectivity index (χ2n) is 6.51. The summed E-state index contributed by atoms with van der Waals surface area (Å²) in [5.41, 5.74) is 0. The molecule has 1 saturated heterocycles. The Labute approximate surface area is 138 Å². The number of aromatic nitrogens is 1. The summed E-state index contributed by atoms with van der Waals surface area (Å²) in [5.74, 6) is 2.89. The third-order valence-electron chi connectivity index (χ3n) is 5.06. The highest BCUT2D eigenvalue weighted by Gasteiger charge is 2.35. The zero-order valence-corrected chi connectivity index (χ0v) is 14.7. The zero-order valence-electron chi connectivity index (χ0n) is 13.8. The van der Waals surface area contributed by atoms with Gasteiger partial charge in [0.25, 0.3) is 0 Å². The van der Waals surface area contributed by atoms with E-state index in [1.165, 1.54) is 48.7 Å². The van der Waals surface area contributed by atoms with E-state index in [4.69, 9.17) is 0 Å². The number of nitrogens with one attached hydrogen (secondary N) is 1. The van der Waals surface area contributed by atoms with Crippen LogP contribution in [0.2, 0.25) is 0 Å². The molecule has 0 aromatic carbocycles. The second kappa shape index (κ2) is 7.44. The minimum absolute atomic E-state index is 0.901. The van der Waals surface area contributed by atoms with Crippen molar-refractivity contribution in [1.29, 1.82) is 0 Å². The first-order valence-electron chi connectivity index (χ1n) is 8.69. The van der Waals surface area contributed by atoms with Crippen LogP contribution < -0.4 is 5.32 Å². The van der Waals surface area contributed by atoms with Gasteiger partial charge in [0.2, 0.25) is 0 Å². The van der Waals surface area contributed by atoms with Gasteiger partial charge in [-0.15, -0.1) is 11.3 Å². The maximum absolute atomic E-state index is 4.49. The molecule has 3 rings (SSSR count). The summed E-state index contributed by atoms with van der Waals surface area (Å²) in [6.07, 6.45) is 9.76. The van der Waals surface area contributed by atoms with Crippen LogP contribution in [0.15, 0.2) is 11.2 Å². The third kappa shape index (κ3) is 3.62. The van der Waals surface area contributed by atoms with Crippen molar-refractivity contribution in [2.45, 2.75) is 45.4 Å². The molecular formula is C17H28N4S. The van der Waals surface area contributed by atoms with E-state index >= 15 is 0 Å². The van der Waals surface area contributed by atoms with Crippen molar-refractivity contribution in [3.05, 3.63) is 16.1 Å². The predicted molar refractivity (Wildman–Crippen MR) is 93.6 cm³/mol. The average Bonchev–Trinajstić information content (AvgIpc) is 3.17. The van der Waals surface area contributed by atoms with Gasteiger partial charge < -0.3 is 10.2 Å². The van der Waals surface area contributed by atoms with Crippen molar-refractivity contribution >= 4 is 17.3 Å². The largest absolute Gasteiger partial charge is 0.356 e.